The molecule has 0 radical (unpaired) electrons. The number of hydrogen-bond acceptors (Lipinski definition) is 2. The van der Waals surface area contributed by atoms with Crippen molar-refractivity contribution >= 4 is 17.7 Å². The number of anilines is 1. The van der Waals surface area contributed by atoms with Crippen molar-refractivity contribution in [3.8, 4) is 0 Å². The van der Waals surface area contributed by atoms with E-state index in [0.29, 0.717) is 0 Å². The Morgan fingerprint density at radius 3 is 2.45 bits per heavy atom. The molecule has 0 bridgehead atoms. The molecule has 0 saturated carbocycles. The van der Waals surface area contributed by atoms with Crippen molar-refractivity contribution < 1.29 is 4.79 Å². The minimum Gasteiger partial charge on any atom is -0.322 e. The molecule has 104 valence electrons. The van der Waals surface area contributed by atoms with E-state index in [9.17, 15) is 4.79 Å². The molecule has 0 unspecified atom stereocenters. The van der Waals surface area contributed by atoms with Crippen molar-refractivity contribution in [2.24, 2.45) is 7.05 Å². The Bertz CT molecular complexity index is 645. The molecule has 0 aliphatic rings. The predicted octanol–water partition coefficient (Wildman–Crippen LogP) is 3.00. The van der Waals surface area contributed by atoms with E-state index in [4.69, 9.17) is 0 Å². The fourth-order valence-electron chi connectivity index (χ4n) is 2.24. The first-order chi connectivity index (χ1) is 9.45. The molecule has 0 saturated heterocycles. The van der Waals surface area contributed by atoms with E-state index >= 15 is 0 Å². The third-order valence-electron chi connectivity index (χ3n) is 3.08. The van der Waals surface area contributed by atoms with Crippen molar-refractivity contribution in [3.63, 3.8) is 0 Å². The van der Waals surface area contributed by atoms with Gasteiger partial charge >= 0.3 is 0 Å². The normalized spacial score (nSPS) is 11.0. The minimum atomic E-state index is -0.135. The van der Waals surface area contributed by atoms with Crippen LogP contribution in [0.2, 0.25) is 0 Å². The first kappa shape index (κ1) is 14.1. The average molecular weight is 269 g/mol. The van der Waals surface area contributed by atoms with E-state index in [1.54, 1.807) is 17.0 Å². The number of nitrogens with zero attached hydrogens (tertiary/aromatic N) is 2. The zero-order valence-corrected chi connectivity index (χ0v) is 12.3. The summed E-state index contributed by atoms with van der Waals surface area (Å²) in [5.74, 6) is -0.135. The SMILES string of the molecule is Cc1cc(C)c(NC(=O)/C=C/c2cnn(C)c2)c(C)c1. The van der Waals surface area contributed by atoms with Crippen molar-refractivity contribution in [2.75, 3.05) is 5.32 Å². The van der Waals surface area contributed by atoms with Gasteiger partial charge in [0.05, 0.1) is 6.20 Å². The largest absolute Gasteiger partial charge is 0.322 e. The van der Waals surface area contributed by atoms with E-state index < -0.39 is 0 Å². The molecule has 1 aromatic heterocycles. The van der Waals surface area contributed by atoms with Crippen LogP contribution in [-0.4, -0.2) is 15.7 Å². The molecule has 1 aromatic carbocycles. The topological polar surface area (TPSA) is 46.9 Å². The van der Waals surface area contributed by atoms with Crippen LogP contribution in [-0.2, 0) is 11.8 Å². The lowest BCUT2D eigenvalue weighted by atomic mass is 10.1. The molecule has 2 aromatic rings. The number of nitrogens with one attached hydrogen (secondary N) is 1. The fourth-order valence-corrected chi connectivity index (χ4v) is 2.24. The Labute approximate surface area is 119 Å². The average Bonchev–Trinajstić information content (AvgIpc) is 2.77. The highest BCUT2D eigenvalue weighted by atomic mass is 16.1. The van der Waals surface area contributed by atoms with Crippen LogP contribution in [0.3, 0.4) is 0 Å². The first-order valence-electron chi connectivity index (χ1n) is 6.51. The van der Waals surface area contributed by atoms with Gasteiger partial charge in [-0.05, 0) is 38.0 Å². The number of carbonyl (C=O) groups is 1. The molecule has 0 atom stereocenters. The van der Waals surface area contributed by atoms with Crippen LogP contribution < -0.4 is 5.32 Å². The fraction of sp³-hybridized carbons (Fsp3) is 0.250. The lowest BCUT2D eigenvalue weighted by molar-refractivity contribution is -0.111. The summed E-state index contributed by atoms with van der Waals surface area (Å²) in [6, 6.07) is 4.13. The van der Waals surface area contributed by atoms with Crippen molar-refractivity contribution in [3.05, 3.63) is 52.9 Å². The lowest BCUT2D eigenvalue weighted by Gasteiger charge is -2.11. The van der Waals surface area contributed by atoms with Crippen LogP contribution in [0.15, 0.2) is 30.6 Å². The van der Waals surface area contributed by atoms with Gasteiger partial charge in [-0.15, -0.1) is 0 Å². The Morgan fingerprint density at radius 2 is 1.90 bits per heavy atom. The molecule has 1 heterocycles. The van der Waals surface area contributed by atoms with Crippen LogP contribution in [0, 0.1) is 20.8 Å². The number of amides is 1. The summed E-state index contributed by atoms with van der Waals surface area (Å²) < 4.78 is 1.70. The zero-order valence-electron chi connectivity index (χ0n) is 12.3. The van der Waals surface area contributed by atoms with E-state index in [1.807, 2.05) is 34.0 Å². The molecule has 1 amide bonds. The molecule has 4 nitrogen and oxygen atoms in total. The molecular weight excluding hydrogens is 250 g/mol. The zero-order chi connectivity index (χ0) is 14.7. The van der Waals surface area contributed by atoms with E-state index in [2.05, 4.69) is 22.5 Å². The summed E-state index contributed by atoms with van der Waals surface area (Å²) in [7, 11) is 1.84. The van der Waals surface area contributed by atoms with Crippen molar-refractivity contribution in [2.45, 2.75) is 20.8 Å². The second-order valence-corrected chi connectivity index (χ2v) is 5.04. The standard InChI is InChI=1S/C16H19N3O/c1-11-7-12(2)16(13(3)8-11)18-15(20)6-5-14-9-17-19(4)10-14/h5-10H,1-4H3,(H,18,20)/b6-5+. The number of hydrogen-bond donors (Lipinski definition) is 1. The smallest absolute Gasteiger partial charge is 0.248 e. The molecule has 0 fully saturated rings. The second-order valence-electron chi connectivity index (χ2n) is 5.04. The van der Waals surface area contributed by atoms with Crippen molar-refractivity contribution in [1.82, 2.24) is 9.78 Å². The predicted molar refractivity (Wildman–Crippen MR) is 81.5 cm³/mol. The van der Waals surface area contributed by atoms with Gasteiger partial charge in [-0.3, -0.25) is 9.48 Å². The van der Waals surface area contributed by atoms with Gasteiger partial charge in [0, 0.05) is 30.6 Å². The summed E-state index contributed by atoms with van der Waals surface area (Å²) in [6.07, 6.45) is 6.84. The summed E-state index contributed by atoms with van der Waals surface area (Å²) in [5.41, 5.74) is 5.14. The highest BCUT2D eigenvalue weighted by Gasteiger charge is 2.06. The molecule has 0 aliphatic carbocycles. The maximum atomic E-state index is 12.0. The Morgan fingerprint density at radius 1 is 1.25 bits per heavy atom. The van der Waals surface area contributed by atoms with E-state index in [1.165, 1.54) is 11.6 Å². The van der Waals surface area contributed by atoms with Gasteiger partial charge in [0.25, 0.3) is 0 Å². The lowest BCUT2D eigenvalue weighted by Crippen LogP contribution is -2.10. The quantitative estimate of drug-likeness (QED) is 0.871. The molecule has 20 heavy (non-hydrogen) atoms. The number of rotatable bonds is 3. The number of carbonyl (C=O) groups excluding carboxylic acids is 1. The number of aromatic nitrogens is 2. The van der Waals surface area contributed by atoms with Crippen LogP contribution in [0.25, 0.3) is 6.08 Å². The van der Waals surface area contributed by atoms with Crippen molar-refractivity contribution in [1.29, 1.82) is 0 Å². The molecule has 0 spiro atoms. The highest BCUT2D eigenvalue weighted by Crippen LogP contribution is 2.21. The molecule has 0 aliphatic heterocycles. The highest BCUT2D eigenvalue weighted by molar-refractivity contribution is 6.02. The van der Waals surface area contributed by atoms with Crippen LogP contribution in [0.5, 0.6) is 0 Å². The maximum absolute atomic E-state index is 12.0. The third kappa shape index (κ3) is 3.35. The molecule has 4 heteroatoms. The Balaban J connectivity index is 2.10. The van der Waals surface area contributed by atoms with Crippen LogP contribution in [0.4, 0.5) is 5.69 Å². The van der Waals surface area contributed by atoms with E-state index in [0.717, 1.165) is 22.4 Å². The monoisotopic (exact) mass is 269 g/mol. The van der Waals surface area contributed by atoms with Gasteiger partial charge < -0.3 is 5.32 Å². The summed E-state index contributed by atoms with van der Waals surface area (Å²) in [4.78, 5) is 12.0. The summed E-state index contributed by atoms with van der Waals surface area (Å²) in [5, 5.41) is 6.98. The van der Waals surface area contributed by atoms with Gasteiger partial charge in [0.1, 0.15) is 0 Å². The third-order valence-corrected chi connectivity index (χ3v) is 3.08. The molecule has 2 rings (SSSR count). The Hall–Kier alpha value is -2.36. The first-order valence-corrected chi connectivity index (χ1v) is 6.51. The minimum absolute atomic E-state index is 0.135. The molecular formula is C16H19N3O. The second kappa shape index (κ2) is 5.74. The van der Waals surface area contributed by atoms with Gasteiger partial charge in [-0.1, -0.05) is 17.7 Å². The summed E-state index contributed by atoms with van der Waals surface area (Å²) in [6.45, 7) is 6.05. The van der Waals surface area contributed by atoms with Gasteiger partial charge in [0.2, 0.25) is 5.91 Å². The van der Waals surface area contributed by atoms with Gasteiger partial charge in [-0.25, -0.2) is 0 Å². The van der Waals surface area contributed by atoms with Crippen LogP contribution >= 0.6 is 0 Å². The molecule has 1 N–H and O–H groups in total. The number of aryl methyl sites for hydroxylation is 4. The van der Waals surface area contributed by atoms with Gasteiger partial charge in [-0.2, -0.15) is 5.10 Å². The Kier molecular flexibility index (Phi) is 4.03. The number of benzene rings is 1. The summed E-state index contributed by atoms with van der Waals surface area (Å²) >= 11 is 0. The van der Waals surface area contributed by atoms with E-state index in [-0.39, 0.29) is 5.91 Å². The maximum Gasteiger partial charge on any atom is 0.248 e. The van der Waals surface area contributed by atoms with Gasteiger partial charge in [0.15, 0.2) is 0 Å². The van der Waals surface area contributed by atoms with Crippen LogP contribution in [0.1, 0.15) is 22.3 Å².